The normalized spacial score (nSPS) is 23.2. The fourth-order valence-corrected chi connectivity index (χ4v) is 5.53. The maximum Gasteiger partial charge on any atom is 0.237 e. The molecule has 1 aromatic heterocycles. The summed E-state index contributed by atoms with van der Waals surface area (Å²) < 4.78 is 5.63. The molecule has 0 bridgehead atoms. The molecule has 2 aliphatic rings. The zero-order chi connectivity index (χ0) is 24.1. The summed E-state index contributed by atoms with van der Waals surface area (Å²) in [7, 11) is 0. The molecule has 3 atom stereocenters. The third kappa shape index (κ3) is 5.95. The summed E-state index contributed by atoms with van der Waals surface area (Å²) in [5.41, 5.74) is 6.41. The molecular weight excluding hydrogens is 450 g/mol. The zero-order valence-corrected chi connectivity index (χ0v) is 20.3. The number of carbonyl (C=O) groups excluding carboxylic acids is 2. The number of nitrogens with one attached hydrogen (secondary N) is 3. The fraction of sp³-hybridized carbons (Fsp3) is 0.480. The van der Waals surface area contributed by atoms with E-state index >= 15 is 0 Å². The summed E-state index contributed by atoms with van der Waals surface area (Å²) in [6.45, 7) is 4.37. The number of hydrogen-bond acceptors (Lipinski definition) is 6. The molecule has 1 saturated carbocycles. The highest BCUT2D eigenvalue weighted by atomic mass is 32.1. The predicted molar refractivity (Wildman–Crippen MR) is 133 cm³/mol. The smallest absolute Gasteiger partial charge is 0.237 e. The van der Waals surface area contributed by atoms with Gasteiger partial charge < -0.3 is 21.1 Å². The lowest BCUT2D eigenvalue weighted by Gasteiger charge is -2.26. The number of carbonyl (C=O) groups is 2. The van der Waals surface area contributed by atoms with Crippen molar-refractivity contribution in [1.29, 1.82) is 5.41 Å². The van der Waals surface area contributed by atoms with Crippen LogP contribution in [0, 0.1) is 10.8 Å². The van der Waals surface area contributed by atoms with Crippen molar-refractivity contribution in [2.45, 2.75) is 51.2 Å². The van der Waals surface area contributed by atoms with E-state index in [1.807, 2.05) is 41.8 Å². The van der Waals surface area contributed by atoms with Gasteiger partial charge in [0.25, 0.3) is 0 Å². The van der Waals surface area contributed by atoms with Gasteiger partial charge in [-0.05, 0) is 42.9 Å². The average Bonchev–Trinajstić information content (AvgIpc) is 3.15. The van der Waals surface area contributed by atoms with Crippen LogP contribution in [0.25, 0.3) is 0 Å². The van der Waals surface area contributed by atoms with Gasteiger partial charge in [-0.15, -0.1) is 11.3 Å². The Morgan fingerprint density at radius 3 is 2.79 bits per heavy atom. The van der Waals surface area contributed by atoms with Crippen molar-refractivity contribution < 1.29 is 14.3 Å². The van der Waals surface area contributed by atoms with Gasteiger partial charge in [0.2, 0.25) is 11.8 Å². The summed E-state index contributed by atoms with van der Waals surface area (Å²) in [6, 6.07) is 11.7. The lowest BCUT2D eigenvalue weighted by Crippen LogP contribution is -2.47. The summed E-state index contributed by atoms with van der Waals surface area (Å²) in [4.78, 5) is 28.4. The number of amides is 2. The molecule has 34 heavy (non-hydrogen) atoms. The van der Waals surface area contributed by atoms with Crippen molar-refractivity contribution in [1.82, 2.24) is 15.5 Å². The Hall–Kier alpha value is -2.91. The van der Waals surface area contributed by atoms with Gasteiger partial charge in [0.1, 0.15) is 11.6 Å². The third-order valence-electron chi connectivity index (χ3n) is 6.72. The van der Waals surface area contributed by atoms with Gasteiger partial charge in [-0.25, -0.2) is 0 Å². The minimum Gasteiger partial charge on any atom is -0.494 e. The standard InChI is InChI=1S/C25H33N5O3S/c1-25-13-20(24(32)29-15-19-12-17(16-34-19)23(26)27)30(21(25)14-25)10-9-28-22(31)8-5-11-33-18-6-3-2-4-7-18/h2-4,6-7,12,16,20-21H,5,8-11,13-15H2,1H3,(H3,26,27)(H,28,31)(H,29,32)/t20-,21-,25+/m0/s1. The molecule has 5 N–H and O–H groups in total. The number of hydrogen-bond donors (Lipinski definition) is 4. The summed E-state index contributed by atoms with van der Waals surface area (Å²) in [5.74, 6) is 0.881. The second-order valence-corrected chi connectivity index (χ2v) is 10.4. The minimum atomic E-state index is -0.174. The van der Waals surface area contributed by atoms with Crippen molar-refractivity contribution >= 4 is 29.0 Å². The lowest BCUT2D eigenvalue weighted by molar-refractivity contribution is -0.126. The molecular formula is C25H33N5O3S. The molecule has 8 nitrogen and oxygen atoms in total. The highest BCUT2D eigenvalue weighted by molar-refractivity contribution is 7.10. The van der Waals surface area contributed by atoms with Crippen molar-refractivity contribution in [3.8, 4) is 5.75 Å². The van der Waals surface area contributed by atoms with Crippen LogP contribution in [0.1, 0.15) is 43.0 Å². The Labute approximate surface area is 204 Å². The number of rotatable bonds is 12. The van der Waals surface area contributed by atoms with Crippen molar-refractivity contribution in [3.63, 3.8) is 0 Å². The highest BCUT2D eigenvalue weighted by Gasteiger charge is 2.62. The number of likely N-dealkylation sites (tertiary alicyclic amines) is 1. The van der Waals surface area contributed by atoms with E-state index in [1.165, 1.54) is 11.3 Å². The Balaban J connectivity index is 1.18. The molecule has 0 radical (unpaired) electrons. The molecule has 1 aromatic carbocycles. The zero-order valence-electron chi connectivity index (χ0n) is 19.5. The van der Waals surface area contributed by atoms with Crippen LogP contribution in [-0.2, 0) is 16.1 Å². The first-order valence-corrected chi connectivity index (χ1v) is 12.6. The number of amidine groups is 1. The Morgan fingerprint density at radius 1 is 1.26 bits per heavy atom. The monoisotopic (exact) mass is 483 g/mol. The largest absolute Gasteiger partial charge is 0.494 e. The van der Waals surface area contributed by atoms with Crippen LogP contribution in [0.5, 0.6) is 5.75 Å². The van der Waals surface area contributed by atoms with Crippen molar-refractivity contribution in [3.05, 3.63) is 52.2 Å². The number of thiophene rings is 1. The van der Waals surface area contributed by atoms with Gasteiger partial charge in [-0.3, -0.25) is 19.9 Å². The van der Waals surface area contributed by atoms with E-state index < -0.39 is 0 Å². The molecule has 2 heterocycles. The molecule has 0 unspecified atom stereocenters. The molecule has 1 aliphatic carbocycles. The van der Waals surface area contributed by atoms with E-state index in [1.54, 1.807) is 0 Å². The van der Waals surface area contributed by atoms with Crippen LogP contribution in [-0.4, -0.2) is 54.3 Å². The van der Waals surface area contributed by atoms with Gasteiger partial charge in [0.15, 0.2) is 0 Å². The Morgan fingerprint density at radius 2 is 2.06 bits per heavy atom. The first kappa shape index (κ1) is 24.2. The number of nitrogen functional groups attached to an aromatic ring is 1. The van der Waals surface area contributed by atoms with Crippen LogP contribution in [0.2, 0.25) is 0 Å². The maximum atomic E-state index is 13.0. The fourth-order valence-electron chi connectivity index (χ4n) is 4.71. The molecule has 0 spiro atoms. The van der Waals surface area contributed by atoms with Crippen LogP contribution in [0.4, 0.5) is 0 Å². The number of fused-ring (bicyclic) bond motifs is 1. The molecule has 2 aromatic rings. The summed E-state index contributed by atoms with van der Waals surface area (Å²) in [5, 5.41) is 15.4. The number of piperidine rings is 1. The quantitative estimate of drug-likeness (QED) is 0.210. The Kier molecular flexibility index (Phi) is 7.53. The van der Waals surface area contributed by atoms with Crippen LogP contribution < -0.4 is 21.1 Å². The molecule has 1 saturated heterocycles. The van der Waals surface area contributed by atoms with Gasteiger partial charge in [0.05, 0.1) is 19.2 Å². The second kappa shape index (κ2) is 10.6. The third-order valence-corrected chi connectivity index (χ3v) is 7.66. The van der Waals surface area contributed by atoms with E-state index in [0.717, 1.165) is 23.5 Å². The topological polar surface area (TPSA) is 121 Å². The highest BCUT2D eigenvalue weighted by Crippen LogP contribution is 2.58. The van der Waals surface area contributed by atoms with E-state index in [4.69, 9.17) is 15.9 Å². The summed E-state index contributed by atoms with van der Waals surface area (Å²) >= 11 is 1.49. The molecule has 1 aliphatic heterocycles. The van der Waals surface area contributed by atoms with Gasteiger partial charge in [-0.1, -0.05) is 25.1 Å². The van der Waals surface area contributed by atoms with Crippen LogP contribution in [0.3, 0.4) is 0 Å². The van der Waals surface area contributed by atoms with Crippen LogP contribution >= 0.6 is 11.3 Å². The number of ether oxygens (including phenoxy) is 1. The molecule has 182 valence electrons. The van der Waals surface area contributed by atoms with Crippen molar-refractivity contribution in [2.24, 2.45) is 11.1 Å². The second-order valence-electron chi connectivity index (χ2n) is 9.38. The number of nitrogens with zero attached hydrogens (tertiary/aromatic N) is 1. The number of nitrogens with two attached hydrogens (primary N) is 1. The van der Waals surface area contributed by atoms with E-state index in [0.29, 0.717) is 50.7 Å². The minimum absolute atomic E-state index is 0.00869. The molecule has 4 rings (SSSR count). The molecule has 9 heteroatoms. The van der Waals surface area contributed by atoms with E-state index in [2.05, 4.69) is 22.5 Å². The first-order chi connectivity index (χ1) is 16.4. The SMILES string of the molecule is C[C@@]12C[C@@H]1N(CCNC(=O)CCCOc1ccccc1)[C@H](C(=O)NCc1cc(C(=N)N)cs1)C2. The maximum absolute atomic E-state index is 13.0. The first-order valence-electron chi connectivity index (χ1n) is 11.8. The van der Waals surface area contributed by atoms with E-state index in [9.17, 15) is 9.59 Å². The van der Waals surface area contributed by atoms with Gasteiger partial charge in [-0.2, -0.15) is 0 Å². The van der Waals surface area contributed by atoms with Gasteiger partial charge in [0, 0.05) is 41.4 Å². The molecule has 2 amide bonds. The van der Waals surface area contributed by atoms with Gasteiger partial charge >= 0.3 is 0 Å². The molecule has 2 fully saturated rings. The summed E-state index contributed by atoms with van der Waals surface area (Å²) in [6.07, 6.45) is 3.02. The van der Waals surface area contributed by atoms with Crippen LogP contribution in [0.15, 0.2) is 41.8 Å². The average molecular weight is 484 g/mol. The number of para-hydroxylation sites is 1. The van der Waals surface area contributed by atoms with E-state index in [-0.39, 0.29) is 29.1 Å². The number of benzene rings is 1. The lowest BCUT2D eigenvalue weighted by atomic mass is 10.0. The Bertz CT molecular complexity index is 1030. The predicted octanol–water partition coefficient (Wildman–Crippen LogP) is 2.48. The van der Waals surface area contributed by atoms with Crippen molar-refractivity contribution in [2.75, 3.05) is 19.7 Å².